The van der Waals surface area contributed by atoms with Crippen LogP contribution in [0.2, 0.25) is 0 Å². The van der Waals surface area contributed by atoms with E-state index in [4.69, 9.17) is 0 Å². The summed E-state index contributed by atoms with van der Waals surface area (Å²) in [7, 11) is 0. The van der Waals surface area contributed by atoms with Crippen LogP contribution >= 0.6 is 0 Å². The number of ether oxygens (including phenoxy) is 2. The lowest BCUT2D eigenvalue weighted by Gasteiger charge is -2.10. The normalized spacial score (nSPS) is 11.7. The Balaban J connectivity index is 4.74. The fourth-order valence-corrected chi connectivity index (χ4v) is 0.939. The lowest BCUT2D eigenvalue weighted by atomic mass is 10.4. The maximum Gasteiger partial charge on any atom is 0.723 e. The van der Waals surface area contributed by atoms with Crippen LogP contribution in [0.5, 0.6) is 0 Å². The highest BCUT2D eigenvalue weighted by Gasteiger charge is 2.71. The van der Waals surface area contributed by atoms with Gasteiger partial charge in [0.15, 0.2) is 14.8 Å². The first-order valence-corrected chi connectivity index (χ1v) is 4.99. The van der Waals surface area contributed by atoms with Gasteiger partial charge in [-0.2, -0.15) is 0 Å². The summed E-state index contributed by atoms with van der Waals surface area (Å²) in [6.45, 7) is -4.95. The van der Waals surface area contributed by atoms with Crippen LogP contribution in [0.25, 0.3) is 0 Å². The maximum absolute atomic E-state index is 13.2. The van der Waals surface area contributed by atoms with Crippen LogP contribution in [0.15, 0.2) is 0 Å². The lowest BCUT2D eigenvalue weighted by Crippen LogP contribution is -2.56. The van der Waals surface area contributed by atoms with Crippen LogP contribution in [0.4, 0.5) is 4.39 Å². The van der Waals surface area contributed by atoms with Crippen molar-refractivity contribution in [1.29, 1.82) is 0 Å². The Hall–Kier alpha value is -3.15. The summed E-state index contributed by atoms with van der Waals surface area (Å²) in [6.07, 6.45) is 0. The molecular formula is C5H6FN5O12. The first-order valence-electron chi connectivity index (χ1n) is 4.99. The average molecular weight is 347 g/mol. The van der Waals surface area contributed by atoms with Gasteiger partial charge in [-0.05, 0) is 0 Å². The van der Waals surface area contributed by atoms with Gasteiger partial charge in [0, 0.05) is 0 Å². The fraction of sp³-hybridized carbons (Fsp3) is 1.00. The van der Waals surface area contributed by atoms with E-state index in [1.54, 1.807) is 0 Å². The molecule has 130 valence electrons. The average Bonchev–Trinajstić information content (AvgIpc) is 2.40. The van der Waals surface area contributed by atoms with Crippen molar-refractivity contribution in [2.75, 3.05) is 20.0 Å². The van der Waals surface area contributed by atoms with Crippen molar-refractivity contribution in [1.82, 2.24) is 0 Å². The van der Waals surface area contributed by atoms with Gasteiger partial charge in [-0.3, -0.25) is 50.6 Å². The monoisotopic (exact) mass is 347 g/mol. The summed E-state index contributed by atoms with van der Waals surface area (Å²) in [4.78, 5) is 42.2. The van der Waals surface area contributed by atoms with Crippen molar-refractivity contribution in [3.63, 3.8) is 0 Å². The van der Waals surface area contributed by atoms with E-state index in [9.17, 15) is 55.0 Å². The van der Waals surface area contributed by atoms with Crippen LogP contribution < -0.4 is 0 Å². The Morgan fingerprint density at radius 3 is 1.35 bits per heavy atom. The molecule has 0 unspecified atom stereocenters. The van der Waals surface area contributed by atoms with Gasteiger partial charge in [0.2, 0.25) is 6.61 Å². The van der Waals surface area contributed by atoms with Crippen LogP contribution in [-0.4, -0.2) is 56.3 Å². The molecule has 0 fully saturated rings. The third-order valence-electron chi connectivity index (χ3n) is 2.18. The summed E-state index contributed by atoms with van der Waals surface area (Å²) in [5, 5.41) is 51.7. The minimum Gasteiger partial charge on any atom is -0.337 e. The zero-order valence-electron chi connectivity index (χ0n) is 10.6. The molecule has 18 heteroatoms. The van der Waals surface area contributed by atoms with E-state index in [-0.39, 0.29) is 0 Å². The summed E-state index contributed by atoms with van der Waals surface area (Å²) in [5.41, 5.74) is 0. The maximum atomic E-state index is 13.2. The van der Waals surface area contributed by atoms with E-state index >= 15 is 0 Å². The second-order valence-corrected chi connectivity index (χ2v) is 3.59. The van der Waals surface area contributed by atoms with E-state index < -0.39 is 56.3 Å². The molecular weight excluding hydrogens is 341 g/mol. The van der Waals surface area contributed by atoms with E-state index in [1.807, 2.05) is 0 Å². The van der Waals surface area contributed by atoms with E-state index in [0.717, 1.165) is 0 Å². The molecule has 0 saturated carbocycles. The zero-order chi connectivity index (χ0) is 18.4. The quantitative estimate of drug-likeness (QED) is 0.138. The first-order chi connectivity index (χ1) is 10.4. The number of nitrogens with zero attached hydrogens (tertiary/aromatic N) is 5. The molecule has 0 rings (SSSR count). The third-order valence-corrected chi connectivity index (χ3v) is 2.18. The highest BCUT2D eigenvalue weighted by molar-refractivity contribution is 4.52. The van der Waals surface area contributed by atoms with Crippen molar-refractivity contribution < 1.29 is 38.5 Å². The first kappa shape index (κ1) is 19.8. The standard InChI is InChI=1S/C5H6FN5O12/c6-4(7(12)13,8(14)15)1-22-3-23-2-5(9(16)17,10(18)19)11(20)21/h1-3H2. The molecule has 0 radical (unpaired) electrons. The lowest BCUT2D eigenvalue weighted by molar-refractivity contribution is -0.970. The van der Waals surface area contributed by atoms with Crippen LogP contribution in [0.3, 0.4) is 0 Å². The number of rotatable bonds is 11. The van der Waals surface area contributed by atoms with Crippen LogP contribution in [0, 0.1) is 50.6 Å². The Kier molecular flexibility index (Phi) is 6.23. The summed E-state index contributed by atoms with van der Waals surface area (Å²) >= 11 is 0. The number of alkyl halides is 1. The highest BCUT2D eigenvalue weighted by atomic mass is 19.2. The molecule has 23 heavy (non-hydrogen) atoms. The zero-order valence-corrected chi connectivity index (χ0v) is 10.6. The van der Waals surface area contributed by atoms with Gasteiger partial charge < -0.3 is 9.47 Å². The van der Waals surface area contributed by atoms with Crippen molar-refractivity contribution in [2.24, 2.45) is 0 Å². The van der Waals surface area contributed by atoms with Gasteiger partial charge in [-0.1, -0.05) is 4.39 Å². The second kappa shape index (κ2) is 7.22. The van der Waals surface area contributed by atoms with Crippen molar-refractivity contribution >= 4 is 0 Å². The molecule has 0 aliphatic rings. The molecule has 0 aromatic heterocycles. The topological polar surface area (TPSA) is 234 Å². The molecule has 0 N–H and O–H groups in total. The third kappa shape index (κ3) is 3.94. The predicted octanol–water partition coefficient (Wildman–Crippen LogP) is -1.36. The Labute approximate surface area is 122 Å². The summed E-state index contributed by atoms with van der Waals surface area (Å²) < 4.78 is 21.3. The molecule has 0 saturated heterocycles. The van der Waals surface area contributed by atoms with Gasteiger partial charge in [-0.15, -0.1) is 0 Å². The van der Waals surface area contributed by atoms with E-state index in [0.29, 0.717) is 0 Å². The summed E-state index contributed by atoms with van der Waals surface area (Å²) in [5.74, 6) is -8.24. The second-order valence-electron chi connectivity index (χ2n) is 3.59. The SMILES string of the molecule is O=[N+]([O-])C(F)(COCOCC([N+](=O)[O-])([N+](=O)[O-])[N+](=O)[O-])[N+](=O)[O-]. The molecule has 0 atom stereocenters. The Bertz CT molecular complexity index is 486. The number of hydrogen-bond acceptors (Lipinski definition) is 12. The molecule has 0 aromatic rings. The molecule has 0 heterocycles. The number of nitro groups is 5. The van der Waals surface area contributed by atoms with Gasteiger partial charge in [0.05, 0.1) is 0 Å². The molecule has 0 aromatic carbocycles. The van der Waals surface area contributed by atoms with Gasteiger partial charge >= 0.3 is 11.7 Å². The fourth-order valence-electron chi connectivity index (χ4n) is 0.939. The minimum atomic E-state index is -4.25. The largest absolute Gasteiger partial charge is 0.723 e. The molecule has 17 nitrogen and oxygen atoms in total. The van der Waals surface area contributed by atoms with Crippen molar-refractivity contribution in [2.45, 2.75) is 11.7 Å². The highest BCUT2D eigenvalue weighted by Crippen LogP contribution is 2.15. The molecule has 0 aliphatic carbocycles. The number of hydrogen-bond donors (Lipinski definition) is 0. The van der Waals surface area contributed by atoms with Crippen LogP contribution in [-0.2, 0) is 9.47 Å². The molecule has 0 spiro atoms. The van der Waals surface area contributed by atoms with Gasteiger partial charge in [-0.25, -0.2) is 0 Å². The van der Waals surface area contributed by atoms with Crippen LogP contribution in [0.1, 0.15) is 0 Å². The van der Waals surface area contributed by atoms with Gasteiger partial charge in [0.25, 0.3) is 6.61 Å². The van der Waals surface area contributed by atoms with Crippen molar-refractivity contribution in [3.05, 3.63) is 50.6 Å². The van der Waals surface area contributed by atoms with E-state index in [1.165, 1.54) is 0 Å². The smallest absolute Gasteiger partial charge is 0.337 e. The van der Waals surface area contributed by atoms with Gasteiger partial charge in [0.1, 0.15) is 16.6 Å². The molecule has 0 bridgehead atoms. The Morgan fingerprint density at radius 2 is 1.04 bits per heavy atom. The van der Waals surface area contributed by atoms with Crippen molar-refractivity contribution in [3.8, 4) is 0 Å². The molecule has 0 amide bonds. The van der Waals surface area contributed by atoms with E-state index in [2.05, 4.69) is 9.47 Å². The predicted molar refractivity (Wildman–Crippen MR) is 58.3 cm³/mol. The minimum absolute atomic E-state index is 1.36. The summed E-state index contributed by atoms with van der Waals surface area (Å²) in [6, 6.07) is 0. The number of halogens is 1. The molecule has 0 aliphatic heterocycles. The Morgan fingerprint density at radius 1 is 0.696 bits per heavy atom.